The van der Waals surface area contributed by atoms with E-state index in [1.165, 1.54) is 88.6 Å². The van der Waals surface area contributed by atoms with Crippen molar-refractivity contribution in [2.45, 2.75) is 18.3 Å². The van der Waals surface area contributed by atoms with Crippen LogP contribution in [0.1, 0.15) is 35.4 Å². The molecule has 0 saturated carbocycles. The molecule has 24 nitrogen and oxygen atoms in total. The molecule has 3 saturated heterocycles. The number of benzene rings is 8. The van der Waals surface area contributed by atoms with Gasteiger partial charge in [-0.15, -0.1) is 0 Å². The summed E-state index contributed by atoms with van der Waals surface area (Å²) in [4.78, 5) is 48.6. The maximum atomic E-state index is 14.9. The van der Waals surface area contributed by atoms with Crippen LogP contribution in [-0.4, -0.2) is 135 Å². The van der Waals surface area contributed by atoms with Crippen molar-refractivity contribution in [1.29, 1.82) is 0 Å². The second-order valence-corrected chi connectivity index (χ2v) is 25.9. The van der Waals surface area contributed by atoms with Crippen molar-refractivity contribution in [3.05, 3.63) is 329 Å². The third-order valence-corrected chi connectivity index (χ3v) is 18.3. The van der Waals surface area contributed by atoms with Crippen LogP contribution >= 0.6 is 0 Å². The lowest BCUT2D eigenvalue weighted by Gasteiger charge is -2.31. The SMILES string of the molecule is C=CC(=O)N1CCO[C@@H](c2nn(-c3ccc(Oc4c(F)cccc4F)cc3)c3cncc(F)c23)C1.C=CC(=O)N1CCO[C@H](c2nn(-c3ccc(Oc4c(F)cccc4F)cc3)c3cncc(F)c23)C1.Fc1cccc(F)c1Oc1ccc(-n2nc(C3CNCCO3)c3c(F)cncc32)cc1.O=[N+]([O-])c1ccc(F)cc1.Oc1c(F)cccc1F. The number of nitro groups is 1. The molecule has 614 valence electrons. The quantitative estimate of drug-likeness (QED) is 0.0418. The molecule has 0 spiro atoms. The number of non-ortho nitro benzene ring substituents is 1. The molecule has 14 aromatic rings. The Labute approximate surface area is 671 Å². The first kappa shape index (κ1) is 83.6. The molecule has 36 heteroatoms. The van der Waals surface area contributed by atoms with E-state index in [1.807, 2.05) is 0 Å². The number of para-hydroxylation sites is 4. The number of nitrogens with zero attached hydrogens (tertiary/aromatic N) is 12. The van der Waals surface area contributed by atoms with Gasteiger partial charge in [0.2, 0.25) is 11.8 Å². The first-order valence-electron chi connectivity index (χ1n) is 36.1. The normalized spacial score (nSPS) is 15.0. The van der Waals surface area contributed by atoms with E-state index in [-0.39, 0.29) is 77.9 Å². The van der Waals surface area contributed by atoms with E-state index >= 15 is 0 Å². The fraction of sp³-hybridized carbons (Fsp3) is 0.143. The molecule has 6 aromatic heterocycles. The van der Waals surface area contributed by atoms with Gasteiger partial charge in [0.15, 0.2) is 87.0 Å². The average molecular weight is 1660 g/mol. The van der Waals surface area contributed by atoms with Gasteiger partial charge in [0, 0.05) is 38.3 Å². The predicted octanol–water partition coefficient (Wildman–Crippen LogP) is 17.1. The van der Waals surface area contributed by atoms with E-state index in [9.17, 15) is 72.4 Å². The predicted molar refractivity (Wildman–Crippen MR) is 409 cm³/mol. The fourth-order valence-corrected chi connectivity index (χ4v) is 12.6. The molecule has 3 aliphatic heterocycles. The highest BCUT2D eigenvalue weighted by molar-refractivity contribution is 5.89. The summed E-state index contributed by atoms with van der Waals surface area (Å²) < 4.78 is 202. The molecule has 3 atom stereocenters. The minimum Gasteiger partial charge on any atom is -0.503 e. The third kappa shape index (κ3) is 19.0. The summed E-state index contributed by atoms with van der Waals surface area (Å²) in [6, 6.07) is 36.9. The Morgan fingerprint density at radius 3 is 1.05 bits per heavy atom. The van der Waals surface area contributed by atoms with Crippen LogP contribution in [-0.2, 0) is 23.8 Å². The van der Waals surface area contributed by atoms with Crippen molar-refractivity contribution in [3.8, 4) is 57.3 Å². The van der Waals surface area contributed by atoms with Crippen LogP contribution in [0.5, 0.6) is 40.2 Å². The van der Waals surface area contributed by atoms with Crippen molar-refractivity contribution in [2.75, 3.05) is 59.1 Å². The van der Waals surface area contributed by atoms with E-state index in [0.29, 0.717) is 82.3 Å². The van der Waals surface area contributed by atoms with Crippen molar-refractivity contribution < 1.29 is 101 Å². The van der Waals surface area contributed by atoms with Gasteiger partial charge in [0.25, 0.3) is 5.69 Å². The zero-order valence-corrected chi connectivity index (χ0v) is 62.2. The molecular formula is C84H63F12N13O11. The van der Waals surface area contributed by atoms with Crippen LogP contribution in [0.25, 0.3) is 49.8 Å². The van der Waals surface area contributed by atoms with Gasteiger partial charge in [-0.2, -0.15) is 15.3 Å². The van der Waals surface area contributed by atoms with E-state index < -0.39 is 110 Å². The highest BCUT2D eigenvalue weighted by Gasteiger charge is 2.33. The van der Waals surface area contributed by atoms with E-state index in [2.05, 4.69) is 48.7 Å². The maximum absolute atomic E-state index is 14.9. The molecule has 0 radical (unpaired) electrons. The van der Waals surface area contributed by atoms with Crippen molar-refractivity contribution in [3.63, 3.8) is 0 Å². The number of nitrogens with one attached hydrogen (secondary N) is 1. The monoisotopic (exact) mass is 1660 g/mol. The minimum absolute atomic E-state index is 0.0959. The lowest BCUT2D eigenvalue weighted by Crippen LogP contribution is -2.41. The van der Waals surface area contributed by atoms with Gasteiger partial charge in [-0.05, 0) is 146 Å². The Kier molecular flexibility index (Phi) is 26.3. The number of hydrogen-bond donors (Lipinski definition) is 2. The maximum Gasteiger partial charge on any atom is 0.269 e. The molecule has 0 aliphatic carbocycles. The van der Waals surface area contributed by atoms with Crippen LogP contribution in [0.15, 0.2) is 232 Å². The molecule has 2 N–H and O–H groups in total. The Hall–Kier alpha value is -14.4. The third-order valence-electron chi connectivity index (χ3n) is 18.3. The number of nitro benzene ring substituents is 1. The zero-order chi connectivity index (χ0) is 84.8. The Morgan fingerprint density at radius 1 is 0.433 bits per heavy atom. The molecule has 120 heavy (non-hydrogen) atoms. The fourth-order valence-electron chi connectivity index (χ4n) is 12.6. The van der Waals surface area contributed by atoms with Crippen LogP contribution in [0, 0.1) is 79.9 Å². The molecular weight excluding hydrogens is 1590 g/mol. The van der Waals surface area contributed by atoms with E-state index in [4.69, 9.17) is 33.5 Å². The van der Waals surface area contributed by atoms with Crippen molar-refractivity contribution >= 4 is 50.2 Å². The van der Waals surface area contributed by atoms with Crippen LogP contribution in [0.4, 0.5) is 58.4 Å². The molecule has 3 aliphatic rings. The number of fused-ring (bicyclic) bond motifs is 3. The van der Waals surface area contributed by atoms with Crippen LogP contribution < -0.4 is 19.5 Å². The second kappa shape index (κ2) is 37.7. The lowest BCUT2D eigenvalue weighted by molar-refractivity contribution is -0.384. The molecule has 8 aromatic carbocycles. The van der Waals surface area contributed by atoms with Gasteiger partial charge >= 0.3 is 0 Å². The van der Waals surface area contributed by atoms with Crippen LogP contribution in [0.2, 0.25) is 0 Å². The van der Waals surface area contributed by atoms with Gasteiger partial charge in [-0.3, -0.25) is 34.7 Å². The number of phenolic OH excluding ortho intramolecular Hbond substituents is 1. The van der Waals surface area contributed by atoms with Crippen molar-refractivity contribution in [1.82, 2.24) is 59.4 Å². The van der Waals surface area contributed by atoms with E-state index in [1.54, 1.807) is 63.0 Å². The first-order valence-corrected chi connectivity index (χ1v) is 36.1. The van der Waals surface area contributed by atoms with Crippen molar-refractivity contribution in [2.24, 2.45) is 0 Å². The number of aromatic hydroxyl groups is 1. The number of phenols is 1. The molecule has 2 amide bonds. The molecule has 3 fully saturated rings. The number of carbonyl (C=O) groups excluding carboxylic acids is 2. The Morgan fingerprint density at radius 2 is 0.750 bits per heavy atom. The number of morpholine rings is 3. The number of aromatic nitrogens is 9. The number of amides is 2. The van der Waals surface area contributed by atoms with Gasteiger partial charge in [0.1, 0.15) is 58.5 Å². The number of pyridine rings is 3. The van der Waals surface area contributed by atoms with Gasteiger partial charge < -0.3 is 48.6 Å². The van der Waals surface area contributed by atoms with Gasteiger partial charge in [-0.1, -0.05) is 37.4 Å². The first-order chi connectivity index (χ1) is 57.9. The number of halogens is 12. The van der Waals surface area contributed by atoms with E-state index in [0.717, 1.165) is 97.9 Å². The summed E-state index contributed by atoms with van der Waals surface area (Å²) in [7, 11) is 0. The number of carbonyl (C=O) groups is 2. The Bertz CT molecular complexity index is 5790. The summed E-state index contributed by atoms with van der Waals surface area (Å²) in [5, 5.41) is 36.3. The minimum atomic E-state index is -0.935. The molecule has 1 unspecified atom stereocenters. The highest BCUT2D eigenvalue weighted by atomic mass is 19.2. The lowest BCUT2D eigenvalue weighted by atomic mass is 10.1. The van der Waals surface area contributed by atoms with Crippen LogP contribution in [0.3, 0.4) is 0 Å². The largest absolute Gasteiger partial charge is 0.503 e. The summed E-state index contributed by atoms with van der Waals surface area (Å²) in [5.41, 5.74) is 3.98. The highest BCUT2D eigenvalue weighted by Crippen LogP contribution is 2.38. The summed E-state index contributed by atoms with van der Waals surface area (Å²) >= 11 is 0. The summed E-state index contributed by atoms with van der Waals surface area (Å²) in [6.45, 7) is 10.5. The summed E-state index contributed by atoms with van der Waals surface area (Å²) in [5.74, 6) is -11.1. The number of rotatable bonds is 15. The Balaban J connectivity index is 0.000000140. The zero-order valence-electron chi connectivity index (χ0n) is 62.2. The number of hydrogen-bond acceptors (Lipinski definition) is 18. The topological polar surface area (TPSA) is 264 Å². The standard InChI is InChI=1S/2C25H19F3N4O3.C22H17F3N4O2.C6H4F2O.C6H4FNO2/c2*1-2-22(33)31-10-11-34-21(14-31)24-23-19(28)12-29-13-20(23)32(30-24)15-6-8-16(9-7-15)35-25-17(26)4-3-5-18(25)27;23-15-2-1-3-16(24)22(15)31-14-6-4-13(5-7-14)29-18-11-27-10-17(25)20(18)21(28-29)19-12-26-8-9-30-19;7-4-2-1-3-5(8)6(4)9;7-5-1-3-6(4-2-5)8(9)10/h2*2-9,12-13,21H,1,10-11,14H2;1-7,10-11,19,26H,8-9,12H2;1-3,9H;1-4H/t2*21-;;;/m10.../s1. The summed E-state index contributed by atoms with van der Waals surface area (Å²) in [6.07, 6.45) is 8.56. The molecule has 9 heterocycles. The molecule has 17 rings (SSSR count). The van der Waals surface area contributed by atoms with Gasteiger partial charge in [0.05, 0.1) is 125 Å². The molecule has 0 bridgehead atoms. The second-order valence-electron chi connectivity index (χ2n) is 25.9. The smallest absolute Gasteiger partial charge is 0.269 e. The number of ether oxygens (including phenoxy) is 6. The average Bonchev–Trinajstić information content (AvgIpc) is 1.63. The van der Waals surface area contributed by atoms with Gasteiger partial charge in [-0.25, -0.2) is 66.7 Å².